The van der Waals surface area contributed by atoms with E-state index in [0.717, 1.165) is 44.4 Å². The smallest absolute Gasteiger partial charge is 0.157 e. The maximum atomic E-state index is 13.4. The van der Waals surface area contributed by atoms with Crippen molar-refractivity contribution in [2.75, 3.05) is 0 Å². The predicted molar refractivity (Wildman–Crippen MR) is 120 cm³/mol. The minimum Gasteiger partial charge on any atom is -0.390 e. The topological polar surface area (TPSA) is 114 Å². The van der Waals surface area contributed by atoms with Crippen LogP contribution in [0.2, 0.25) is 0 Å². The molecule has 4 aliphatic rings. The van der Waals surface area contributed by atoms with E-state index in [1.807, 2.05) is 6.92 Å². The SMILES string of the molecule is C[C@@]1(O)CC[C@@]2(C)[C@H](CC[C@@H]3[C@@H]2CC[C@]2(C)[C@@H](C(=O)Cn4cc(C(N)O)nn4)CC[C@@H]32)C1. The second-order valence-corrected chi connectivity index (χ2v) is 12.3. The molecule has 4 aliphatic carbocycles. The number of carbonyl (C=O) groups is 1. The Labute approximate surface area is 191 Å². The summed E-state index contributed by atoms with van der Waals surface area (Å²) in [6.07, 6.45) is 10.4. The molecule has 0 spiro atoms. The van der Waals surface area contributed by atoms with Crippen LogP contribution in [0.25, 0.3) is 0 Å². The van der Waals surface area contributed by atoms with Gasteiger partial charge in [-0.3, -0.25) is 4.79 Å². The molecule has 1 heterocycles. The van der Waals surface area contributed by atoms with Crippen molar-refractivity contribution in [1.29, 1.82) is 0 Å². The lowest BCUT2D eigenvalue weighted by molar-refractivity contribution is -0.151. The zero-order chi connectivity index (χ0) is 22.9. The third-order valence-corrected chi connectivity index (χ3v) is 10.5. The van der Waals surface area contributed by atoms with E-state index in [1.54, 1.807) is 6.20 Å². The first-order chi connectivity index (χ1) is 15.0. The molecule has 0 aliphatic heterocycles. The molecule has 9 atom stereocenters. The number of rotatable bonds is 4. The van der Waals surface area contributed by atoms with Gasteiger partial charge in [0.1, 0.15) is 18.5 Å². The van der Waals surface area contributed by atoms with Crippen LogP contribution in [-0.4, -0.2) is 36.6 Å². The van der Waals surface area contributed by atoms with E-state index in [2.05, 4.69) is 24.2 Å². The lowest BCUT2D eigenvalue weighted by atomic mass is 9.44. The second-order valence-electron chi connectivity index (χ2n) is 12.3. The van der Waals surface area contributed by atoms with Gasteiger partial charge in [-0.05, 0) is 99.2 Å². The van der Waals surface area contributed by atoms with Gasteiger partial charge in [0.2, 0.25) is 0 Å². The molecule has 4 N–H and O–H groups in total. The van der Waals surface area contributed by atoms with Crippen molar-refractivity contribution < 1.29 is 15.0 Å². The molecular formula is C25H40N4O3. The van der Waals surface area contributed by atoms with Crippen LogP contribution in [0.15, 0.2) is 6.20 Å². The van der Waals surface area contributed by atoms with Crippen LogP contribution in [0.3, 0.4) is 0 Å². The minimum atomic E-state index is -1.16. The summed E-state index contributed by atoms with van der Waals surface area (Å²) in [7, 11) is 0. The summed E-state index contributed by atoms with van der Waals surface area (Å²) in [6.45, 7) is 7.11. The van der Waals surface area contributed by atoms with Crippen LogP contribution in [0.5, 0.6) is 0 Å². The molecule has 1 aromatic rings. The molecule has 178 valence electrons. The quantitative estimate of drug-likeness (QED) is 0.615. The van der Waals surface area contributed by atoms with Gasteiger partial charge in [0.15, 0.2) is 5.78 Å². The Morgan fingerprint density at radius 2 is 1.88 bits per heavy atom. The van der Waals surface area contributed by atoms with Crippen LogP contribution in [0.1, 0.15) is 90.5 Å². The number of fused-ring (bicyclic) bond motifs is 5. The number of aliphatic hydroxyl groups is 2. The molecule has 7 heteroatoms. The van der Waals surface area contributed by atoms with Crippen molar-refractivity contribution in [1.82, 2.24) is 15.0 Å². The Hall–Kier alpha value is -1.31. The Morgan fingerprint density at radius 1 is 1.12 bits per heavy atom. The number of hydrogen-bond donors (Lipinski definition) is 3. The maximum Gasteiger partial charge on any atom is 0.157 e. The molecule has 4 fully saturated rings. The summed E-state index contributed by atoms with van der Waals surface area (Å²) >= 11 is 0. The number of nitrogens with two attached hydrogens (primary N) is 1. The molecule has 0 saturated heterocycles. The first kappa shape index (κ1) is 22.5. The van der Waals surface area contributed by atoms with Crippen molar-refractivity contribution in [2.24, 2.45) is 46.2 Å². The molecule has 1 unspecified atom stereocenters. The predicted octanol–water partition coefficient (Wildman–Crippen LogP) is 3.21. The molecule has 5 rings (SSSR count). The van der Waals surface area contributed by atoms with E-state index in [9.17, 15) is 15.0 Å². The van der Waals surface area contributed by atoms with E-state index >= 15 is 0 Å². The zero-order valence-electron chi connectivity index (χ0n) is 19.8. The fourth-order valence-electron chi connectivity index (χ4n) is 8.76. The Bertz CT molecular complexity index is 882. The lowest BCUT2D eigenvalue weighted by Gasteiger charge is -2.61. The average molecular weight is 445 g/mol. The Kier molecular flexibility index (Phi) is 5.34. The van der Waals surface area contributed by atoms with Crippen LogP contribution >= 0.6 is 0 Å². The van der Waals surface area contributed by atoms with Gasteiger partial charge >= 0.3 is 0 Å². The van der Waals surface area contributed by atoms with Gasteiger partial charge in [0.25, 0.3) is 0 Å². The number of Topliss-reactive ketones (excluding diaryl/α,β-unsaturated/α-hetero) is 1. The van der Waals surface area contributed by atoms with Crippen LogP contribution < -0.4 is 5.73 Å². The summed E-state index contributed by atoms with van der Waals surface area (Å²) in [4.78, 5) is 13.4. The fraction of sp³-hybridized carbons (Fsp3) is 0.880. The summed E-state index contributed by atoms with van der Waals surface area (Å²) in [5, 5.41) is 28.0. The first-order valence-electron chi connectivity index (χ1n) is 12.6. The fourth-order valence-corrected chi connectivity index (χ4v) is 8.76. The third kappa shape index (κ3) is 3.46. The molecule has 32 heavy (non-hydrogen) atoms. The largest absolute Gasteiger partial charge is 0.390 e. The second kappa shape index (κ2) is 7.60. The van der Waals surface area contributed by atoms with Gasteiger partial charge in [-0.25, -0.2) is 4.68 Å². The number of carbonyl (C=O) groups excluding carboxylic acids is 1. The highest BCUT2D eigenvalue weighted by Crippen LogP contribution is 2.68. The highest BCUT2D eigenvalue weighted by molar-refractivity contribution is 5.82. The third-order valence-electron chi connectivity index (χ3n) is 10.5. The first-order valence-corrected chi connectivity index (χ1v) is 12.6. The number of nitrogens with zero attached hydrogens (tertiary/aromatic N) is 3. The Morgan fingerprint density at radius 3 is 2.59 bits per heavy atom. The zero-order valence-corrected chi connectivity index (χ0v) is 19.8. The van der Waals surface area contributed by atoms with Crippen molar-refractivity contribution in [3.8, 4) is 0 Å². The van der Waals surface area contributed by atoms with E-state index in [0.29, 0.717) is 28.9 Å². The monoisotopic (exact) mass is 444 g/mol. The van der Waals surface area contributed by atoms with Gasteiger partial charge in [-0.15, -0.1) is 5.10 Å². The molecular weight excluding hydrogens is 404 g/mol. The van der Waals surface area contributed by atoms with Gasteiger partial charge in [0, 0.05) is 5.92 Å². The minimum absolute atomic E-state index is 0.0679. The van der Waals surface area contributed by atoms with Gasteiger partial charge < -0.3 is 15.9 Å². The molecule has 0 aromatic carbocycles. The highest BCUT2D eigenvalue weighted by Gasteiger charge is 2.61. The molecule has 0 radical (unpaired) electrons. The molecule has 4 saturated carbocycles. The van der Waals surface area contributed by atoms with Crippen molar-refractivity contribution in [3.63, 3.8) is 0 Å². The number of aromatic nitrogens is 3. The van der Waals surface area contributed by atoms with Gasteiger partial charge in [-0.2, -0.15) is 0 Å². The maximum absolute atomic E-state index is 13.4. The Balaban J connectivity index is 1.32. The molecule has 7 nitrogen and oxygen atoms in total. The van der Waals surface area contributed by atoms with Crippen molar-refractivity contribution in [2.45, 2.75) is 96.9 Å². The standard InChI is InChI=1S/C25H40N4O3/c1-23(32)10-11-24(2)15(12-23)4-5-16-17-6-7-19(25(17,3)9-8-18(16)24)21(30)14-29-13-20(22(26)31)27-28-29/h13,15-19,22,31-32H,4-12,14,26H2,1-3H3/t15-,16+,17+,18+,19-,22?,23-,24+,25+/m1/s1. The summed E-state index contributed by atoms with van der Waals surface area (Å²) < 4.78 is 1.52. The average Bonchev–Trinajstić information content (AvgIpc) is 3.32. The lowest BCUT2D eigenvalue weighted by Crippen LogP contribution is -2.55. The normalized spacial score (nSPS) is 46.8. The van der Waals surface area contributed by atoms with Crippen molar-refractivity contribution in [3.05, 3.63) is 11.9 Å². The van der Waals surface area contributed by atoms with E-state index in [-0.39, 0.29) is 23.7 Å². The molecule has 1 aromatic heterocycles. The van der Waals surface area contributed by atoms with E-state index in [4.69, 9.17) is 5.73 Å². The number of hydrogen-bond acceptors (Lipinski definition) is 6. The summed E-state index contributed by atoms with van der Waals surface area (Å²) in [5.74, 6) is 3.00. The van der Waals surface area contributed by atoms with Gasteiger partial charge in [0.05, 0.1) is 11.8 Å². The van der Waals surface area contributed by atoms with Gasteiger partial charge in [-0.1, -0.05) is 19.1 Å². The van der Waals surface area contributed by atoms with Crippen LogP contribution in [0, 0.1) is 40.4 Å². The molecule has 0 bridgehead atoms. The van der Waals surface area contributed by atoms with E-state index < -0.39 is 11.8 Å². The number of ketones is 1. The number of aliphatic hydroxyl groups excluding tert-OH is 1. The highest BCUT2D eigenvalue weighted by atomic mass is 16.3. The summed E-state index contributed by atoms with van der Waals surface area (Å²) in [5.41, 5.74) is 5.68. The summed E-state index contributed by atoms with van der Waals surface area (Å²) in [6, 6.07) is 0. The van der Waals surface area contributed by atoms with Crippen molar-refractivity contribution >= 4 is 5.78 Å². The van der Waals surface area contributed by atoms with E-state index in [1.165, 1.54) is 23.9 Å². The van der Waals surface area contributed by atoms with Crippen LogP contribution in [0.4, 0.5) is 0 Å². The van der Waals surface area contributed by atoms with Crippen LogP contribution in [-0.2, 0) is 11.3 Å². The molecule has 0 amide bonds.